The first-order valence-corrected chi connectivity index (χ1v) is 7.97. The van der Waals surface area contributed by atoms with Crippen molar-refractivity contribution in [3.05, 3.63) is 76.0 Å². The average molecular weight is 297 g/mol. The summed E-state index contributed by atoms with van der Waals surface area (Å²) in [6.07, 6.45) is 4.82. The Labute approximate surface area is 129 Å². The molecular formula is C17H19N3S. The molecule has 0 aliphatic heterocycles. The van der Waals surface area contributed by atoms with Gasteiger partial charge < -0.3 is 10.3 Å². The number of hydrogen-bond acceptors (Lipinski definition) is 3. The minimum atomic E-state index is -0.140. The number of nitrogens with two attached hydrogens (primary N) is 1. The number of benzene rings is 1. The minimum Gasteiger partial charge on any atom is -0.328 e. The van der Waals surface area contributed by atoms with Crippen molar-refractivity contribution in [1.82, 2.24) is 9.55 Å². The number of rotatable bonds is 5. The molecule has 0 bridgehead atoms. The molecule has 0 aliphatic carbocycles. The van der Waals surface area contributed by atoms with Crippen LogP contribution in [0, 0.1) is 0 Å². The van der Waals surface area contributed by atoms with E-state index in [1.165, 1.54) is 9.75 Å². The van der Waals surface area contributed by atoms with Crippen molar-refractivity contribution >= 4 is 11.3 Å². The van der Waals surface area contributed by atoms with E-state index in [9.17, 15) is 0 Å². The Morgan fingerprint density at radius 2 is 1.90 bits per heavy atom. The predicted octanol–water partition coefficient (Wildman–Crippen LogP) is 3.60. The standard InChI is InChI=1S/C17H19N3S/c1-2-14-8-9-15(21-14)11-20-12-19-10-16(20)17(18)13-6-4-3-5-7-13/h3-10,12,17H,2,11,18H2,1H3. The molecule has 21 heavy (non-hydrogen) atoms. The first-order valence-electron chi connectivity index (χ1n) is 7.16. The molecule has 0 spiro atoms. The molecule has 0 fully saturated rings. The zero-order valence-electron chi connectivity index (χ0n) is 12.1. The van der Waals surface area contributed by atoms with Crippen molar-refractivity contribution in [3.8, 4) is 0 Å². The lowest BCUT2D eigenvalue weighted by molar-refractivity contribution is 0.701. The maximum absolute atomic E-state index is 6.39. The van der Waals surface area contributed by atoms with Crippen LogP contribution in [-0.2, 0) is 13.0 Å². The van der Waals surface area contributed by atoms with Crippen LogP contribution in [0.3, 0.4) is 0 Å². The summed E-state index contributed by atoms with van der Waals surface area (Å²) < 4.78 is 2.14. The molecule has 0 amide bonds. The van der Waals surface area contributed by atoms with Crippen molar-refractivity contribution < 1.29 is 0 Å². The molecule has 2 aromatic heterocycles. The zero-order valence-corrected chi connectivity index (χ0v) is 12.9. The van der Waals surface area contributed by atoms with E-state index in [1.807, 2.05) is 42.1 Å². The van der Waals surface area contributed by atoms with Crippen LogP contribution in [0.1, 0.15) is 34.0 Å². The fourth-order valence-electron chi connectivity index (χ4n) is 2.42. The summed E-state index contributed by atoms with van der Waals surface area (Å²) in [4.78, 5) is 7.03. The van der Waals surface area contributed by atoms with E-state index in [-0.39, 0.29) is 6.04 Å². The third-order valence-electron chi connectivity index (χ3n) is 3.61. The van der Waals surface area contributed by atoms with Gasteiger partial charge in [-0.3, -0.25) is 0 Å². The maximum atomic E-state index is 6.39. The number of aryl methyl sites for hydroxylation is 1. The number of thiophene rings is 1. The van der Waals surface area contributed by atoms with Crippen LogP contribution in [0.5, 0.6) is 0 Å². The lowest BCUT2D eigenvalue weighted by Gasteiger charge is -2.14. The van der Waals surface area contributed by atoms with Gasteiger partial charge in [0.1, 0.15) is 0 Å². The first-order chi connectivity index (χ1) is 10.3. The van der Waals surface area contributed by atoms with E-state index in [2.05, 4.69) is 40.7 Å². The summed E-state index contributed by atoms with van der Waals surface area (Å²) in [5, 5.41) is 0. The Morgan fingerprint density at radius 1 is 1.14 bits per heavy atom. The minimum absolute atomic E-state index is 0.140. The Hall–Kier alpha value is -1.91. The lowest BCUT2D eigenvalue weighted by atomic mass is 10.1. The van der Waals surface area contributed by atoms with E-state index in [1.54, 1.807) is 0 Å². The van der Waals surface area contributed by atoms with E-state index >= 15 is 0 Å². The lowest BCUT2D eigenvalue weighted by Crippen LogP contribution is -2.16. The van der Waals surface area contributed by atoms with E-state index in [0.29, 0.717) is 0 Å². The Kier molecular flexibility index (Phi) is 4.18. The quantitative estimate of drug-likeness (QED) is 0.782. The molecular weight excluding hydrogens is 278 g/mol. The van der Waals surface area contributed by atoms with Crippen LogP contribution in [0.4, 0.5) is 0 Å². The largest absolute Gasteiger partial charge is 0.328 e. The maximum Gasteiger partial charge on any atom is 0.0952 e. The van der Waals surface area contributed by atoms with Gasteiger partial charge in [0.25, 0.3) is 0 Å². The molecule has 2 N–H and O–H groups in total. The van der Waals surface area contributed by atoms with Gasteiger partial charge in [0.2, 0.25) is 0 Å². The molecule has 0 saturated heterocycles. The van der Waals surface area contributed by atoms with E-state index in [4.69, 9.17) is 5.73 Å². The first kappa shape index (κ1) is 14.0. The van der Waals surface area contributed by atoms with Gasteiger partial charge in [-0.1, -0.05) is 37.3 Å². The van der Waals surface area contributed by atoms with Crippen LogP contribution in [-0.4, -0.2) is 9.55 Å². The average Bonchev–Trinajstić information content (AvgIpc) is 3.17. The normalized spacial score (nSPS) is 12.5. The summed E-state index contributed by atoms with van der Waals surface area (Å²) in [5.74, 6) is 0. The number of aromatic nitrogens is 2. The monoisotopic (exact) mass is 297 g/mol. The zero-order chi connectivity index (χ0) is 14.7. The fraction of sp³-hybridized carbons (Fsp3) is 0.235. The molecule has 1 unspecified atom stereocenters. The Balaban J connectivity index is 1.83. The van der Waals surface area contributed by atoms with Crippen molar-refractivity contribution in [2.45, 2.75) is 25.9 Å². The second kappa shape index (κ2) is 6.24. The Bertz CT molecular complexity index is 700. The van der Waals surface area contributed by atoms with E-state index < -0.39 is 0 Å². The molecule has 3 rings (SSSR count). The summed E-state index contributed by atoms with van der Waals surface area (Å²) in [7, 11) is 0. The highest BCUT2D eigenvalue weighted by molar-refractivity contribution is 7.11. The van der Waals surface area contributed by atoms with Crippen LogP contribution >= 0.6 is 11.3 Å². The van der Waals surface area contributed by atoms with Gasteiger partial charge in [0.05, 0.1) is 30.8 Å². The fourth-order valence-corrected chi connectivity index (χ4v) is 3.38. The summed E-state index contributed by atoms with van der Waals surface area (Å²) >= 11 is 1.86. The number of hydrogen-bond donors (Lipinski definition) is 1. The third-order valence-corrected chi connectivity index (χ3v) is 4.83. The smallest absolute Gasteiger partial charge is 0.0952 e. The van der Waals surface area contributed by atoms with Crippen LogP contribution in [0.25, 0.3) is 0 Å². The summed E-state index contributed by atoms with van der Waals surface area (Å²) in [5.41, 5.74) is 8.55. The third kappa shape index (κ3) is 3.06. The highest BCUT2D eigenvalue weighted by Crippen LogP contribution is 2.22. The van der Waals surface area contributed by atoms with Gasteiger partial charge in [0, 0.05) is 9.75 Å². The molecule has 108 valence electrons. The number of imidazole rings is 1. The SMILES string of the molecule is CCc1ccc(Cn2cncc2C(N)c2ccccc2)s1. The van der Waals surface area contributed by atoms with Crippen molar-refractivity contribution in [3.63, 3.8) is 0 Å². The van der Waals surface area contributed by atoms with Crippen molar-refractivity contribution in [2.75, 3.05) is 0 Å². The van der Waals surface area contributed by atoms with Crippen LogP contribution in [0.15, 0.2) is 55.0 Å². The predicted molar refractivity (Wildman–Crippen MR) is 87.5 cm³/mol. The Morgan fingerprint density at radius 3 is 2.62 bits per heavy atom. The topological polar surface area (TPSA) is 43.8 Å². The highest BCUT2D eigenvalue weighted by Gasteiger charge is 2.14. The van der Waals surface area contributed by atoms with Gasteiger partial charge in [0.15, 0.2) is 0 Å². The van der Waals surface area contributed by atoms with Gasteiger partial charge in [-0.2, -0.15) is 0 Å². The van der Waals surface area contributed by atoms with Crippen molar-refractivity contribution in [2.24, 2.45) is 5.73 Å². The molecule has 0 saturated carbocycles. The van der Waals surface area contributed by atoms with Crippen molar-refractivity contribution in [1.29, 1.82) is 0 Å². The van der Waals surface area contributed by atoms with Crippen LogP contribution in [0.2, 0.25) is 0 Å². The number of nitrogens with zero attached hydrogens (tertiary/aromatic N) is 2. The van der Waals surface area contributed by atoms with Gasteiger partial charge in [-0.25, -0.2) is 4.98 Å². The second-order valence-corrected chi connectivity index (χ2v) is 6.31. The molecule has 0 radical (unpaired) electrons. The molecule has 4 heteroatoms. The summed E-state index contributed by atoms with van der Waals surface area (Å²) in [6.45, 7) is 3.02. The van der Waals surface area contributed by atoms with Gasteiger partial charge in [-0.15, -0.1) is 11.3 Å². The second-order valence-electron chi connectivity index (χ2n) is 5.06. The van der Waals surface area contributed by atoms with Gasteiger partial charge in [-0.05, 0) is 24.1 Å². The molecule has 3 aromatic rings. The molecule has 1 aromatic carbocycles. The molecule has 1 atom stereocenters. The van der Waals surface area contributed by atoms with E-state index in [0.717, 1.165) is 24.2 Å². The highest BCUT2D eigenvalue weighted by atomic mass is 32.1. The summed E-state index contributed by atoms with van der Waals surface area (Å²) in [6, 6.07) is 14.4. The molecule has 2 heterocycles. The molecule has 0 aliphatic rings. The van der Waals surface area contributed by atoms with Crippen LogP contribution < -0.4 is 5.73 Å². The molecule has 3 nitrogen and oxygen atoms in total. The van der Waals surface area contributed by atoms with Gasteiger partial charge >= 0.3 is 0 Å².